The second-order valence-corrected chi connectivity index (χ2v) is 6.93. The maximum Gasteiger partial charge on any atom is 0.191 e. The van der Waals surface area contributed by atoms with Gasteiger partial charge in [0, 0.05) is 21.8 Å². The maximum atomic E-state index is 13.4. The highest BCUT2D eigenvalue weighted by atomic mass is 32.2. The average molecular weight is 346 g/mol. The number of halogens is 1. The molecule has 1 aliphatic heterocycles. The number of benzene rings is 3. The molecule has 0 saturated heterocycles. The van der Waals surface area contributed by atoms with Crippen LogP contribution in [0.3, 0.4) is 0 Å². The smallest absolute Gasteiger partial charge is 0.191 e. The molecule has 1 aliphatic rings. The Kier molecular flexibility index (Phi) is 4.24. The number of carbonyl (C=O) groups is 1. The SMILES string of the molecule is O=C1/C(=C/c2ccc(-c3ccccc3)cc2)CSc2ccc(F)cc21. The number of hydrogen-bond acceptors (Lipinski definition) is 2. The number of carbonyl (C=O) groups excluding carboxylic acids is 1. The highest BCUT2D eigenvalue weighted by Gasteiger charge is 2.22. The molecule has 0 radical (unpaired) electrons. The van der Waals surface area contributed by atoms with Crippen LogP contribution in [0.1, 0.15) is 15.9 Å². The van der Waals surface area contributed by atoms with Gasteiger partial charge >= 0.3 is 0 Å². The second-order valence-electron chi connectivity index (χ2n) is 5.92. The third-order valence-electron chi connectivity index (χ3n) is 4.22. The van der Waals surface area contributed by atoms with Gasteiger partial charge in [0.05, 0.1) is 0 Å². The predicted molar refractivity (Wildman–Crippen MR) is 101 cm³/mol. The summed E-state index contributed by atoms with van der Waals surface area (Å²) in [5, 5.41) is 0. The number of fused-ring (bicyclic) bond motifs is 1. The van der Waals surface area contributed by atoms with E-state index < -0.39 is 0 Å². The number of ketones is 1. The lowest BCUT2D eigenvalue weighted by atomic mass is 9.99. The predicted octanol–water partition coefficient (Wildman–Crippen LogP) is 5.86. The highest BCUT2D eigenvalue weighted by Crippen LogP contribution is 2.34. The van der Waals surface area contributed by atoms with E-state index in [0.29, 0.717) is 16.9 Å². The Morgan fingerprint density at radius 2 is 1.60 bits per heavy atom. The van der Waals surface area contributed by atoms with Crippen molar-refractivity contribution in [3.8, 4) is 11.1 Å². The van der Waals surface area contributed by atoms with Crippen molar-refractivity contribution in [1.82, 2.24) is 0 Å². The van der Waals surface area contributed by atoms with Gasteiger partial charge in [0.25, 0.3) is 0 Å². The average Bonchev–Trinajstić information content (AvgIpc) is 2.66. The van der Waals surface area contributed by atoms with Gasteiger partial charge in [-0.2, -0.15) is 0 Å². The summed E-state index contributed by atoms with van der Waals surface area (Å²) in [7, 11) is 0. The lowest BCUT2D eigenvalue weighted by Gasteiger charge is -2.17. The molecule has 4 rings (SSSR count). The van der Waals surface area contributed by atoms with Crippen LogP contribution < -0.4 is 0 Å². The Balaban J connectivity index is 1.62. The molecule has 3 aromatic carbocycles. The van der Waals surface area contributed by atoms with E-state index in [1.165, 1.54) is 12.1 Å². The van der Waals surface area contributed by atoms with E-state index in [-0.39, 0.29) is 11.6 Å². The quantitative estimate of drug-likeness (QED) is 0.540. The summed E-state index contributed by atoms with van der Waals surface area (Å²) in [6, 6.07) is 22.7. The van der Waals surface area contributed by atoms with Gasteiger partial charge in [-0.15, -0.1) is 11.8 Å². The van der Waals surface area contributed by atoms with E-state index in [1.54, 1.807) is 17.8 Å². The molecular formula is C22H15FOS. The number of thioether (sulfide) groups is 1. The summed E-state index contributed by atoms with van der Waals surface area (Å²) in [6.07, 6.45) is 1.90. The van der Waals surface area contributed by atoms with Gasteiger partial charge in [-0.25, -0.2) is 4.39 Å². The van der Waals surface area contributed by atoms with Gasteiger partial charge in [0.2, 0.25) is 0 Å². The number of hydrogen-bond donors (Lipinski definition) is 0. The molecule has 25 heavy (non-hydrogen) atoms. The monoisotopic (exact) mass is 346 g/mol. The highest BCUT2D eigenvalue weighted by molar-refractivity contribution is 7.99. The molecule has 0 unspecified atom stereocenters. The molecule has 0 aliphatic carbocycles. The largest absolute Gasteiger partial charge is 0.289 e. The van der Waals surface area contributed by atoms with Crippen LogP contribution in [0.15, 0.2) is 83.3 Å². The van der Waals surface area contributed by atoms with Crippen molar-refractivity contribution in [3.05, 3.63) is 95.3 Å². The Labute approximate surface area is 150 Å². The molecule has 0 atom stereocenters. The van der Waals surface area contributed by atoms with Crippen LogP contribution in [-0.4, -0.2) is 11.5 Å². The first kappa shape index (κ1) is 15.9. The van der Waals surface area contributed by atoms with Crippen molar-refractivity contribution in [2.45, 2.75) is 4.90 Å². The van der Waals surface area contributed by atoms with Crippen LogP contribution in [0.5, 0.6) is 0 Å². The van der Waals surface area contributed by atoms with Crippen LogP contribution in [0, 0.1) is 5.82 Å². The van der Waals surface area contributed by atoms with Crippen LogP contribution in [0.2, 0.25) is 0 Å². The van der Waals surface area contributed by atoms with E-state index >= 15 is 0 Å². The van der Waals surface area contributed by atoms with Crippen molar-refractivity contribution >= 4 is 23.6 Å². The van der Waals surface area contributed by atoms with Crippen molar-refractivity contribution in [2.75, 3.05) is 5.75 Å². The lowest BCUT2D eigenvalue weighted by molar-refractivity contribution is 0.103. The minimum atomic E-state index is -0.374. The summed E-state index contributed by atoms with van der Waals surface area (Å²) >= 11 is 1.57. The summed E-state index contributed by atoms with van der Waals surface area (Å²) < 4.78 is 13.4. The third kappa shape index (κ3) is 3.28. The maximum absolute atomic E-state index is 13.4. The second kappa shape index (κ2) is 6.69. The summed E-state index contributed by atoms with van der Waals surface area (Å²) in [4.78, 5) is 13.5. The zero-order chi connectivity index (χ0) is 17.2. The molecule has 0 N–H and O–H groups in total. The van der Waals surface area contributed by atoms with Gasteiger partial charge < -0.3 is 0 Å². The third-order valence-corrected chi connectivity index (χ3v) is 5.34. The standard InChI is InChI=1S/C22H15FOS/c23-19-10-11-21-20(13-19)22(24)18(14-25-21)12-15-6-8-17(9-7-15)16-4-2-1-3-5-16/h1-13H,14H2/b18-12+. The van der Waals surface area contributed by atoms with E-state index in [2.05, 4.69) is 24.3 Å². The molecule has 0 spiro atoms. The number of rotatable bonds is 2. The van der Waals surface area contributed by atoms with E-state index in [1.807, 2.05) is 36.4 Å². The minimum absolute atomic E-state index is 0.0830. The molecule has 0 fully saturated rings. The summed E-state index contributed by atoms with van der Waals surface area (Å²) in [6.45, 7) is 0. The molecule has 3 aromatic rings. The van der Waals surface area contributed by atoms with Crippen LogP contribution in [-0.2, 0) is 0 Å². The Morgan fingerprint density at radius 1 is 0.880 bits per heavy atom. The molecular weight excluding hydrogens is 331 g/mol. The minimum Gasteiger partial charge on any atom is -0.289 e. The van der Waals surface area contributed by atoms with Crippen molar-refractivity contribution in [1.29, 1.82) is 0 Å². The van der Waals surface area contributed by atoms with E-state index in [4.69, 9.17) is 0 Å². The van der Waals surface area contributed by atoms with Crippen molar-refractivity contribution < 1.29 is 9.18 Å². The van der Waals surface area contributed by atoms with E-state index in [0.717, 1.165) is 21.6 Å². The Hall–Kier alpha value is -2.65. The van der Waals surface area contributed by atoms with Gasteiger partial charge in [-0.05, 0) is 41.0 Å². The molecule has 0 bridgehead atoms. The first-order chi connectivity index (χ1) is 12.2. The van der Waals surface area contributed by atoms with Crippen LogP contribution >= 0.6 is 11.8 Å². The van der Waals surface area contributed by atoms with Crippen LogP contribution in [0.4, 0.5) is 4.39 Å². The van der Waals surface area contributed by atoms with Crippen molar-refractivity contribution in [3.63, 3.8) is 0 Å². The van der Waals surface area contributed by atoms with Gasteiger partial charge in [-0.3, -0.25) is 4.79 Å². The first-order valence-corrected chi connectivity index (χ1v) is 9.02. The van der Waals surface area contributed by atoms with Crippen LogP contribution in [0.25, 0.3) is 17.2 Å². The normalized spacial score (nSPS) is 15.2. The molecule has 122 valence electrons. The van der Waals surface area contributed by atoms with Gasteiger partial charge in [0.15, 0.2) is 5.78 Å². The van der Waals surface area contributed by atoms with Crippen molar-refractivity contribution in [2.24, 2.45) is 0 Å². The fourth-order valence-corrected chi connectivity index (χ4v) is 3.91. The molecule has 0 saturated carbocycles. The van der Waals surface area contributed by atoms with Gasteiger partial charge in [0.1, 0.15) is 5.82 Å². The summed E-state index contributed by atoms with van der Waals surface area (Å²) in [5.74, 6) is 0.152. The topological polar surface area (TPSA) is 17.1 Å². The fourth-order valence-electron chi connectivity index (χ4n) is 2.91. The van der Waals surface area contributed by atoms with Gasteiger partial charge in [-0.1, -0.05) is 54.6 Å². The lowest BCUT2D eigenvalue weighted by Crippen LogP contribution is -2.12. The number of Topliss-reactive ketones (excluding diaryl/α,β-unsaturated/α-hetero) is 1. The molecule has 0 aromatic heterocycles. The molecule has 3 heteroatoms. The molecule has 1 heterocycles. The zero-order valence-electron chi connectivity index (χ0n) is 13.4. The summed E-state index contributed by atoms with van der Waals surface area (Å²) in [5.41, 5.74) is 4.44. The molecule has 0 amide bonds. The Bertz CT molecular complexity index is 959. The molecule has 1 nitrogen and oxygen atoms in total. The Morgan fingerprint density at radius 3 is 2.36 bits per heavy atom. The fraction of sp³-hybridized carbons (Fsp3) is 0.0455. The van der Waals surface area contributed by atoms with E-state index in [9.17, 15) is 9.18 Å². The first-order valence-electron chi connectivity index (χ1n) is 8.04. The zero-order valence-corrected chi connectivity index (χ0v) is 14.2.